The molecule has 0 aromatic carbocycles. The van der Waals surface area contributed by atoms with Crippen LogP contribution < -0.4 is 0 Å². The maximum atomic E-state index is 10.7. The van der Waals surface area contributed by atoms with E-state index in [0.717, 1.165) is 0 Å². The minimum atomic E-state index is -2.89. The number of esters is 1. The van der Waals surface area contributed by atoms with Crippen LogP contribution in [0.4, 0.5) is 4.79 Å². The molecule has 1 unspecified atom stereocenters. The summed E-state index contributed by atoms with van der Waals surface area (Å²) in [5, 5.41) is 34.1. The molecule has 0 bridgehead atoms. The molecule has 0 saturated carbocycles. The van der Waals surface area contributed by atoms with Gasteiger partial charge in [0.05, 0.1) is 12.8 Å². The van der Waals surface area contributed by atoms with Gasteiger partial charge in [-0.3, -0.25) is 9.59 Å². The van der Waals surface area contributed by atoms with E-state index in [1.165, 1.54) is 0 Å². The Morgan fingerprint density at radius 2 is 1.47 bits per heavy atom. The molecule has 0 aromatic heterocycles. The molecule has 9 nitrogen and oxygen atoms in total. The molecule has 0 saturated heterocycles. The fraction of sp³-hybridized carbons (Fsp3) is 0.429. The molecular formula is C7H9NaO9. The van der Waals surface area contributed by atoms with Crippen molar-refractivity contribution in [2.24, 2.45) is 0 Å². The van der Waals surface area contributed by atoms with Crippen molar-refractivity contribution in [1.82, 2.24) is 0 Å². The van der Waals surface area contributed by atoms with Gasteiger partial charge < -0.3 is 25.2 Å². The van der Waals surface area contributed by atoms with Gasteiger partial charge in [0.15, 0.2) is 5.60 Å². The molecule has 0 heterocycles. The molecule has 0 aliphatic carbocycles. The summed E-state index contributed by atoms with van der Waals surface area (Å²) < 4.78 is 3.54. The first-order valence-electron chi connectivity index (χ1n) is 3.78. The number of carboxylic acid groups (broad SMARTS) is 3. The van der Waals surface area contributed by atoms with Gasteiger partial charge in [0, 0.05) is 0 Å². The summed E-state index contributed by atoms with van der Waals surface area (Å²) >= 11 is 0. The number of carbonyl (C=O) groups excluding carboxylic acids is 1. The number of aliphatic hydroxyl groups is 1. The average molecular weight is 260 g/mol. The quantitative estimate of drug-likeness (QED) is 0.255. The van der Waals surface area contributed by atoms with E-state index < -0.39 is 42.5 Å². The molecule has 0 aliphatic heterocycles. The Balaban J connectivity index is 0. The molecule has 4 N–H and O–H groups in total. The molecule has 0 rings (SSSR count). The van der Waals surface area contributed by atoms with Gasteiger partial charge in [0.2, 0.25) is 0 Å². The van der Waals surface area contributed by atoms with E-state index in [4.69, 9.17) is 15.3 Å². The Morgan fingerprint density at radius 3 is 1.76 bits per heavy atom. The first kappa shape index (κ1) is 18.2. The van der Waals surface area contributed by atoms with Crippen LogP contribution in [0.3, 0.4) is 0 Å². The first-order chi connectivity index (χ1) is 7.17. The number of carboxylic acids is 2. The predicted octanol–water partition coefficient (Wildman–Crippen LogP) is -1.76. The molecule has 92 valence electrons. The van der Waals surface area contributed by atoms with E-state index >= 15 is 0 Å². The van der Waals surface area contributed by atoms with Crippen molar-refractivity contribution in [2.45, 2.75) is 18.4 Å². The van der Waals surface area contributed by atoms with Crippen LogP contribution in [0.5, 0.6) is 0 Å². The van der Waals surface area contributed by atoms with Crippen LogP contribution in [0.2, 0.25) is 0 Å². The zero-order valence-corrected chi connectivity index (χ0v) is 7.74. The molecule has 10 heteroatoms. The molecule has 17 heavy (non-hydrogen) atoms. The zero-order chi connectivity index (χ0) is 12.9. The summed E-state index contributed by atoms with van der Waals surface area (Å²) in [6.07, 6.45) is -4.51. The van der Waals surface area contributed by atoms with E-state index in [2.05, 4.69) is 4.74 Å². The van der Waals surface area contributed by atoms with Crippen LogP contribution in [0.25, 0.3) is 0 Å². The molecule has 0 amide bonds. The third kappa shape index (κ3) is 6.89. The predicted molar refractivity (Wildman–Crippen MR) is 50.7 cm³/mol. The van der Waals surface area contributed by atoms with E-state index in [1.54, 1.807) is 0 Å². The van der Waals surface area contributed by atoms with E-state index in [0.29, 0.717) is 0 Å². The van der Waals surface area contributed by atoms with Gasteiger partial charge in [-0.25, -0.2) is 9.59 Å². The first-order valence-corrected chi connectivity index (χ1v) is 3.78. The van der Waals surface area contributed by atoms with Crippen LogP contribution in [0.1, 0.15) is 12.8 Å². The summed E-state index contributed by atoms with van der Waals surface area (Å²) in [6, 6.07) is 0. The third-order valence-corrected chi connectivity index (χ3v) is 1.48. The maximum absolute atomic E-state index is 10.7. The van der Waals surface area contributed by atoms with Crippen molar-refractivity contribution in [3.8, 4) is 0 Å². The summed E-state index contributed by atoms with van der Waals surface area (Å²) in [6.45, 7) is 0. The number of hydrogen-bond donors (Lipinski definition) is 4. The van der Waals surface area contributed by atoms with Crippen LogP contribution in [0, 0.1) is 0 Å². The van der Waals surface area contributed by atoms with Crippen LogP contribution in [-0.4, -0.2) is 79.6 Å². The van der Waals surface area contributed by atoms with Gasteiger partial charge in [-0.1, -0.05) is 0 Å². The summed E-state index contributed by atoms with van der Waals surface area (Å²) in [5.74, 6) is -5.18. The fourth-order valence-corrected chi connectivity index (χ4v) is 0.836. The van der Waals surface area contributed by atoms with Gasteiger partial charge in [0.25, 0.3) is 0 Å². The van der Waals surface area contributed by atoms with Crippen LogP contribution >= 0.6 is 0 Å². The van der Waals surface area contributed by atoms with Gasteiger partial charge in [-0.15, -0.1) is 0 Å². The van der Waals surface area contributed by atoms with Crippen LogP contribution in [0.15, 0.2) is 0 Å². The second-order valence-electron chi connectivity index (χ2n) is 2.82. The number of rotatable bonds is 5. The van der Waals surface area contributed by atoms with Crippen molar-refractivity contribution in [2.75, 3.05) is 0 Å². The third-order valence-electron chi connectivity index (χ3n) is 1.48. The zero-order valence-electron chi connectivity index (χ0n) is 7.74. The monoisotopic (exact) mass is 260 g/mol. The Bertz CT molecular complexity index is 338. The van der Waals surface area contributed by atoms with Gasteiger partial charge in [0.1, 0.15) is 0 Å². The van der Waals surface area contributed by atoms with Gasteiger partial charge >= 0.3 is 53.6 Å². The molecule has 0 radical (unpaired) electrons. The van der Waals surface area contributed by atoms with E-state index in [-0.39, 0.29) is 29.6 Å². The SMILES string of the molecule is O=C(O)CC(O)(CC(=O)OC(=O)O)C(=O)O.[NaH]. The number of ether oxygens (including phenoxy) is 1. The summed E-state index contributed by atoms with van der Waals surface area (Å²) in [5.41, 5.74) is -2.89. The average Bonchev–Trinajstić information content (AvgIpc) is 1.98. The number of hydrogen-bond acceptors (Lipinski definition) is 6. The van der Waals surface area contributed by atoms with E-state index in [9.17, 15) is 24.3 Å². The summed E-state index contributed by atoms with van der Waals surface area (Å²) in [4.78, 5) is 41.4. The summed E-state index contributed by atoms with van der Waals surface area (Å²) in [7, 11) is 0. The van der Waals surface area contributed by atoms with Gasteiger partial charge in [-0.05, 0) is 0 Å². The standard InChI is InChI=1S/C7H8O9.Na.H/c8-3(9)1-7(15,5(11)12)2-4(10)16-6(13)14;;/h15H,1-2H2,(H,8,9)(H,11,12)(H,13,14);;. The Kier molecular flexibility index (Phi) is 7.74. The molecule has 1 atom stereocenters. The fourth-order valence-electron chi connectivity index (χ4n) is 0.836. The number of carbonyl (C=O) groups is 4. The molecular weight excluding hydrogens is 251 g/mol. The molecule has 0 aliphatic rings. The molecule has 0 spiro atoms. The molecule has 0 aromatic rings. The Labute approximate surface area is 116 Å². The van der Waals surface area contributed by atoms with Crippen LogP contribution in [-0.2, 0) is 19.1 Å². The van der Waals surface area contributed by atoms with Gasteiger partial charge in [-0.2, -0.15) is 0 Å². The van der Waals surface area contributed by atoms with Crippen molar-refractivity contribution in [1.29, 1.82) is 0 Å². The molecule has 0 fully saturated rings. The van der Waals surface area contributed by atoms with Crippen molar-refractivity contribution < 1.29 is 44.3 Å². The van der Waals surface area contributed by atoms with Crippen molar-refractivity contribution in [3.63, 3.8) is 0 Å². The Morgan fingerprint density at radius 1 is 1.00 bits per heavy atom. The van der Waals surface area contributed by atoms with E-state index in [1.807, 2.05) is 0 Å². The topological polar surface area (TPSA) is 158 Å². The minimum absolute atomic E-state index is 0. The van der Waals surface area contributed by atoms with Crippen molar-refractivity contribution in [3.05, 3.63) is 0 Å². The Hall–Kier alpha value is -1.16. The normalized spacial score (nSPS) is 12.8. The second-order valence-corrected chi connectivity index (χ2v) is 2.82. The van der Waals surface area contributed by atoms with Crippen molar-refractivity contribution >= 4 is 53.6 Å². The number of aliphatic carboxylic acids is 2. The second kappa shape index (κ2) is 7.22.